The van der Waals surface area contributed by atoms with E-state index in [0.717, 1.165) is 23.6 Å². The Morgan fingerprint density at radius 3 is 2.80 bits per heavy atom. The van der Waals surface area contributed by atoms with Crippen molar-refractivity contribution in [2.45, 2.75) is 37.7 Å². The number of amides is 2. The van der Waals surface area contributed by atoms with Crippen LogP contribution in [0.2, 0.25) is 0 Å². The number of halogens is 3. The van der Waals surface area contributed by atoms with Crippen molar-refractivity contribution in [2.24, 2.45) is 5.92 Å². The van der Waals surface area contributed by atoms with Gasteiger partial charge in [0.2, 0.25) is 0 Å². The Morgan fingerprint density at radius 2 is 2.20 bits per heavy atom. The predicted molar refractivity (Wildman–Crippen MR) is 80.8 cm³/mol. The fourth-order valence-electron chi connectivity index (χ4n) is 2.81. The van der Waals surface area contributed by atoms with Gasteiger partial charge in [-0.25, -0.2) is 4.79 Å². The molecule has 2 fully saturated rings. The zero-order chi connectivity index (χ0) is 17.9. The van der Waals surface area contributed by atoms with Crippen molar-refractivity contribution in [2.75, 3.05) is 26.4 Å². The first-order chi connectivity index (χ1) is 11.9. The van der Waals surface area contributed by atoms with Gasteiger partial charge in [-0.05, 0) is 24.8 Å². The van der Waals surface area contributed by atoms with Gasteiger partial charge in [0.1, 0.15) is 6.10 Å². The van der Waals surface area contributed by atoms with Crippen molar-refractivity contribution >= 4 is 6.03 Å². The number of hydrogen-bond acceptors (Lipinski definition) is 4. The number of urea groups is 1. The standard InChI is InChI=1S/C15H21F3N4O3/c16-15(17,18)12-3-5-22(21-12)6-4-19-14(23)20-13(10-1-2-10)11-9-24-7-8-25-11/h3,5,10-11,13H,1-2,4,6-9H2,(H2,19,20,23). The number of rotatable bonds is 6. The highest BCUT2D eigenvalue weighted by molar-refractivity contribution is 5.74. The highest BCUT2D eigenvalue weighted by Crippen LogP contribution is 2.35. The average Bonchev–Trinajstić information content (AvgIpc) is 3.30. The minimum absolute atomic E-state index is 0.109. The summed E-state index contributed by atoms with van der Waals surface area (Å²) in [6.45, 7) is 1.85. The maximum Gasteiger partial charge on any atom is 0.435 e. The van der Waals surface area contributed by atoms with E-state index in [1.54, 1.807) is 0 Å². The van der Waals surface area contributed by atoms with Crippen molar-refractivity contribution in [3.8, 4) is 0 Å². The molecule has 7 nitrogen and oxygen atoms in total. The normalized spacial score (nSPS) is 22.4. The molecular weight excluding hydrogens is 341 g/mol. The van der Waals surface area contributed by atoms with E-state index < -0.39 is 11.9 Å². The molecule has 3 rings (SSSR count). The molecule has 1 saturated heterocycles. The lowest BCUT2D eigenvalue weighted by Gasteiger charge is -2.31. The van der Waals surface area contributed by atoms with Crippen LogP contribution in [0, 0.1) is 5.92 Å². The van der Waals surface area contributed by atoms with Crippen LogP contribution in [-0.4, -0.2) is 54.3 Å². The molecule has 2 N–H and O–H groups in total. The zero-order valence-electron chi connectivity index (χ0n) is 13.6. The summed E-state index contributed by atoms with van der Waals surface area (Å²) < 4.78 is 49.6. The van der Waals surface area contributed by atoms with Crippen LogP contribution in [0.15, 0.2) is 12.3 Å². The molecule has 1 saturated carbocycles. The first-order valence-corrected chi connectivity index (χ1v) is 8.28. The molecule has 2 aliphatic rings. The number of carbonyl (C=O) groups excluding carboxylic acids is 1. The number of nitrogens with zero attached hydrogens (tertiary/aromatic N) is 2. The molecule has 0 bridgehead atoms. The number of ether oxygens (including phenoxy) is 2. The van der Waals surface area contributed by atoms with Crippen LogP contribution in [0.4, 0.5) is 18.0 Å². The molecule has 25 heavy (non-hydrogen) atoms. The Labute approximate surface area is 142 Å². The van der Waals surface area contributed by atoms with Crippen LogP contribution in [0.25, 0.3) is 0 Å². The van der Waals surface area contributed by atoms with Gasteiger partial charge in [0.25, 0.3) is 0 Å². The second-order valence-electron chi connectivity index (χ2n) is 6.21. The van der Waals surface area contributed by atoms with E-state index in [1.165, 1.54) is 6.20 Å². The van der Waals surface area contributed by atoms with Crippen LogP contribution in [0.1, 0.15) is 18.5 Å². The summed E-state index contributed by atoms with van der Waals surface area (Å²) in [4.78, 5) is 12.1. The summed E-state index contributed by atoms with van der Waals surface area (Å²) in [6.07, 6.45) is -1.30. The Morgan fingerprint density at radius 1 is 1.40 bits per heavy atom. The van der Waals surface area contributed by atoms with Crippen molar-refractivity contribution in [3.63, 3.8) is 0 Å². The lowest BCUT2D eigenvalue weighted by molar-refractivity contribution is -0.141. The molecule has 0 radical (unpaired) electrons. The van der Waals surface area contributed by atoms with Gasteiger partial charge in [0, 0.05) is 12.7 Å². The van der Waals surface area contributed by atoms with Crippen LogP contribution in [0.5, 0.6) is 0 Å². The molecule has 2 atom stereocenters. The summed E-state index contributed by atoms with van der Waals surface area (Å²) in [5.41, 5.74) is -0.944. The van der Waals surface area contributed by atoms with Crippen LogP contribution in [-0.2, 0) is 22.2 Å². The molecular formula is C15H21F3N4O3. The molecule has 2 amide bonds. The zero-order valence-corrected chi connectivity index (χ0v) is 13.6. The third kappa shape index (κ3) is 5.08. The van der Waals surface area contributed by atoms with E-state index in [0.29, 0.717) is 25.7 Å². The largest absolute Gasteiger partial charge is 0.435 e. The van der Waals surface area contributed by atoms with Crippen molar-refractivity contribution in [3.05, 3.63) is 18.0 Å². The molecule has 2 heterocycles. The number of hydrogen-bond donors (Lipinski definition) is 2. The molecule has 10 heteroatoms. The second kappa shape index (κ2) is 7.61. The van der Waals surface area contributed by atoms with Crippen molar-refractivity contribution in [1.82, 2.24) is 20.4 Å². The van der Waals surface area contributed by atoms with Crippen LogP contribution >= 0.6 is 0 Å². The monoisotopic (exact) mass is 362 g/mol. The van der Waals surface area contributed by atoms with E-state index in [2.05, 4.69) is 15.7 Å². The number of carbonyl (C=O) groups is 1. The summed E-state index contributed by atoms with van der Waals surface area (Å²) in [5, 5.41) is 8.98. The van der Waals surface area contributed by atoms with E-state index in [-0.39, 0.29) is 31.3 Å². The molecule has 0 spiro atoms. The molecule has 1 aliphatic heterocycles. The number of nitrogens with one attached hydrogen (secondary N) is 2. The second-order valence-corrected chi connectivity index (χ2v) is 6.21. The smallest absolute Gasteiger partial charge is 0.376 e. The maximum absolute atomic E-state index is 12.5. The van der Waals surface area contributed by atoms with Crippen molar-refractivity contribution in [1.29, 1.82) is 0 Å². The van der Waals surface area contributed by atoms with Gasteiger partial charge >= 0.3 is 12.2 Å². The number of aromatic nitrogens is 2. The Balaban J connectivity index is 1.43. The van der Waals surface area contributed by atoms with E-state index in [1.807, 2.05) is 0 Å². The molecule has 1 aromatic heterocycles. The van der Waals surface area contributed by atoms with Crippen LogP contribution in [0.3, 0.4) is 0 Å². The van der Waals surface area contributed by atoms with Gasteiger partial charge in [0.05, 0.1) is 32.4 Å². The highest BCUT2D eigenvalue weighted by Gasteiger charge is 2.39. The molecule has 140 valence electrons. The summed E-state index contributed by atoms with van der Waals surface area (Å²) >= 11 is 0. The molecule has 0 aromatic carbocycles. The van der Waals surface area contributed by atoms with Gasteiger partial charge in [-0.3, -0.25) is 4.68 Å². The van der Waals surface area contributed by atoms with E-state index in [4.69, 9.17) is 9.47 Å². The minimum atomic E-state index is -4.46. The molecule has 1 aliphatic carbocycles. The first kappa shape index (κ1) is 18.0. The van der Waals surface area contributed by atoms with E-state index >= 15 is 0 Å². The average molecular weight is 362 g/mol. The fraction of sp³-hybridized carbons (Fsp3) is 0.733. The Kier molecular flexibility index (Phi) is 5.48. The SMILES string of the molecule is O=C(NCCn1ccc(C(F)(F)F)n1)NC(C1CC1)C1COCCO1. The maximum atomic E-state index is 12.5. The topological polar surface area (TPSA) is 77.4 Å². The van der Waals surface area contributed by atoms with E-state index in [9.17, 15) is 18.0 Å². The number of alkyl halides is 3. The third-order valence-corrected chi connectivity index (χ3v) is 4.23. The van der Waals surface area contributed by atoms with Crippen LogP contribution < -0.4 is 10.6 Å². The van der Waals surface area contributed by atoms with Gasteiger partial charge in [-0.15, -0.1) is 0 Å². The summed E-state index contributed by atoms with van der Waals surface area (Å²) in [6, 6.07) is 0.431. The third-order valence-electron chi connectivity index (χ3n) is 4.23. The Hall–Kier alpha value is -1.81. The van der Waals surface area contributed by atoms with Crippen molar-refractivity contribution < 1.29 is 27.4 Å². The first-order valence-electron chi connectivity index (χ1n) is 8.28. The Bertz CT molecular complexity index is 583. The quantitative estimate of drug-likeness (QED) is 0.802. The minimum Gasteiger partial charge on any atom is -0.376 e. The lowest BCUT2D eigenvalue weighted by Crippen LogP contribution is -2.53. The van der Waals surface area contributed by atoms with Gasteiger partial charge in [-0.2, -0.15) is 18.3 Å². The fourth-order valence-corrected chi connectivity index (χ4v) is 2.81. The summed E-state index contributed by atoms with van der Waals surface area (Å²) in [5.74, 6) is 0.387. The van der Waals surface area contributed by atoms with Gasteiger partial charge in [0.15, 0.2) is 5.69 Å². The van der Waals surface area contributed by atoms with Gasteiger partial charge < -0.3 is 20.1 Å². The van der Waals surface area contributed by atoms with Gasteiger partial charge in [-0.1, -0.05) is 0 Å². The predicted octanol–water partition coefficient (Wildman–Crippen LogP) is 1.40. The molecule has 1 aromatic rings. The molecule has 2 unspecified atom stereocenters. The summed E-state index contributed by atoms with van der Waals surface area (Å²) in [7, 11) is 0. The lowest BCUT2D eigenvalue weighted by atomic mass is 10.1. The highest BCUT2D eigenvalue weighted by atomic mass is 19.4.